The maximum atomic E-state index is 11.3. The summed E-state index contributed by atoms with van der Waals surface area (Å²) >= 11 is 6.24. The van der Waals surface area contributed by atoms with Gasteiger partial charge in [-0.3, -0.25) is 0 Å². The Bertz CT molecular complexity index is 496. The molecule has 100 valence electrons. The number of sulfone groups is 1. The smallest absolute Gasteiger partial charge is 0.175 e. The molecule has 2 rings (SSSR count). The average molecular weight is 302 g/mol. The standard InChI is InChI=1S/C13H18O2S3/c1-18(14,15)12-5-3-11(4-6-12)17-10-13(9-16)7-2-8-13/h3-6,16H,2,7-10H2,1H3. The van der Waals surface area contributed by atoms with Gasteiger partial charge in [-0.25, -0.2) is 8.42 Å². The highest BCUT2D eigenvalue weighted by molar-refractivity contribution is 7.99. The summed E-state index contributed by atoms with van der Waals surface area (Å²) in [5.41, 5.74) is 0.406. The zero-order chi connectivity index (χ0) is 13.2. The number of thioether (sulfide) groups is 1. The molecule has 0 spiro atoms. The van der Waals surface area contributed by atoms with Gasteiger partial charge in [-0.2, -0.15) is 12.6 Å². The number of hydrogen-bond acceptors (Lipinski definition) is 4. The van der Waals surface area contributed by atoms with E-state index in [4.69, 9.17) is 0 Å². The fourth-order valence-electron chi connectivity index (χ4n) is 2.04. The van der Waals surface area contributed by atoms with E-state index >= 15 is 0 Å². The van der Waals surface area contributed by atoms with Crippen LogP contribution >= 0.6 is 24.4 Å². The van der Waals surface area contributed by atoms with Crippen LogP contribution in [0.1, 0.15) is 19.3 Å². The summed E-state index contributed by atoms with van der Waals surface area (Å²) in [7, 11) is -3.08. The Hall–Kier alpha value is -0.130. The van der Waals surface area contributed by atoms with Gasteiger partial charge in [0.1, 0.15) is 0 Å². The third kappa shape index (κ3) is 3.25. The highest BCUT2D eigenvalue weighted by Gasteiger charge is 2.35. The maximum absolute atomic E-state index is 11.3. The van der Waals surface area contributed by atoms with Gasteiger partial charge in [-0.1, -0.05) is 6.42 Å². The number of rotatable bonds is 5. The molecule has 0 aromatic heterocycles. The summed E-state index contributed by atoms with van der Waals surface area (Å²) < 4.78 is 22.7. The van der Waals surface area contributed by atoms with Crippen molar-refractivity contribution < 1.29 is 8.42 Å². The predicted molar refractivity (Wildman–Crippen MR) is 80.4 cm³/mol. The number of hydrogen-bond donors (Lipinski definition) is 1. The highest BCUT2D eigenvalue weighted by atomic mass is 32.2. The molecule has 0 atom stereocenters. The van der Waals surface area contributed by atoms with E-state index in [0.29, 0.717) is 10.3 Å². The van der Waals surface area contributed by atoms with Gasteiger partial charge >= 0.3 is 0 Å². The van der Waals surface area contributed by atoms with E-state index in [2.05, 4.69) is 12.6 Å². The van der Waals surface area contributed by atoms with Crippen molar-refractivity contribution in [2.24, 2.45) is 5.41 Å². The molecule has 0 aliphatic heterocycles. The molecular weight excluding hydrogens is 284 g/mol. The van der Waals surface area contributed by atoms with E-state index in [1.165, 1.54) is 25.5 Å². The molecule has 2 nitrogen and oxygen atoms in total. The Labute approximate surface area is 119 Å². The van der Waals surface area contributed by atoms with Crippen molar-refractivity contribution >= 4 is 34.2 Å². The maximum Gasteiger partial charge on any atom is 0.175 e. The lowest BCUT2D eigenvalue weighted by molar-refractivity contribution is 0.205. The molecule has 0 radical (unpaired) electrons. The van der Waals surface area contributed by atoms with E-state index in [-0.39, 0.29) is 0 Å². The zero-order valence-corrected chi connectivity index (χ0v) is 13.0. The van der Waals surface area contributed by atoms with Gasteiger partial charge in [0, 0.05) is 16.9 Å². The third-order valence-electron chi connectivity index (χ3n) is 3.55. The second kappa shape index (κ2) is 5.47. The summed E-state index contributed by atoms with van der Waals surface area (Å²) in [6.45, 7) is 0. The summed E-state index contributed by atoms with van der Waals surface area (Å²) in [6, 6.07) is 7.16. The summed E-state index contributed by atoms with van der Waals surface area (Å²) in [6.07, 6.45) is 5.09. The van der Waals surface area contributed by atoms with Crippen LogP contribution in [-0.2, 0) is 9.84 Å². The molecule has 1 fully saturated rings. The van der Waals surface area contributed by atoms with E-state index in [9.17, 15) is 8.42 Å². The normalized spacial score (nSPS) is 18.3. The average Bonchev–Trinajstić information content (AvgIpc) is 2.28. The van der Waals surface area contributed by atoms with Crippen LogP contribution in [0.15, 0.2) is 34.1 Å². The Morgan fingerprint density at radius 2 is 1.89 bits per heavy atom. The van der Waals surface area contributed by atoms with Crippen LogP contribution in [0.3, 0.4) is 0 Å². The van der Waals surface area contributed by atoms with Gasteiger partial charge in [0.2, 0.25) is 0 Å². The molecule has 0 N–H and O–H groups in total. The highest BCUT2D eigenvalue weighted by Crippen LogP contribution is 2.45. The predicted octanol–water partition coefficient (Wildman–Crippen LogP) is 3.28. The van der Waals surface area contributed by atoms with E-state index in [0.717, 1.165) is 16.4 Å². The van der Waals surface area contributed by atoms with Crippen LogP contribution in [0.5, 0.6) is 0 Å². The molecule has 1 aliphatic rings. The lowest BCUT2D eigenvalue weighted by Crippen LogP contribution is -2.33. The lowest BCUT2D eigenvalue weighted by Gasteiger charge is -2.40. The van der Waals surface area contributed by atoms with Crippen molar-refractivity contribution in [3.63, 3.8) is 0 Å². The van der Waals surface area contributed by atoms with Crippen LogP contribution in [-0.4, -0.2) is 26.2 Å². The topological polar surface area (TPSA) is 34.1 Å². The van der Waals surface area contributed by atoms with Crippen molar-refractivity contribution in [1.29, 1.82) is 0 Å². The molecule has 1 aliphatic carbocycles. The van der Waals surface area contributed by atoms with E-state index in [1.54, 1.807) is 23.9 Å². The largest absolute Gasteiger partial charge is 0.224 e. The van der Waals surface area contributed by atoms with Crippen molar-refractivity contribution in [2.45, 2.75) is 29.1 Å². The first-order chi connectivity index (χ1) is 8.45. The minimum atomic E-state index is -3.08. The van der Waals surface area contributed by atoms with Crippen molar-refractivity contribution in [2.75, 3.05) is 17.8 Å². The summed E-state index contributed by atoms with van der Waals surface area (Å²) in [5, 5.41) is 0. The van der Waals surface area contributed by atoms with Gasteiger partial charge in [-0.05, 0) is 48.3 Å². The summed E-state index contributed by atoms with van der Waals surface area (Å²) in [4.78, 5) is 1.52. The molecule has 0 saturated heterocycles. The first-order valence-corrected chi connectivity index (χ1v) is 9.50. The van der Waals surface area contributed by atoms with E-state index in [1.807, 2.05) is 12.1 Å². The SMILES string of the molecule is CS(=O)(=O)c1ccc(SCC2(CS)CCC2)cc1. The fraction of sp³-hybridized carbons (Fsp3) is 0.538. The van der Waals surface area contributed by atoms with Crippen LogP contribution in [0.4, 0.5) is 0 Å². The Balaban J connectivity index is 1.99. The fourth-order valence-corrected chi connectivity index (χ4v) is 4.45. The van der Waals surface area contributed by atoms with Crippen molar-refractivity contribution in [3.05, 3.63) is 24.3 Å². The first kappa shape index (κ1) is 14.3. The molecule has 0 unspecified atom stereocenters. The molecule has 0 amide bonds. The first-order valence-electron chi connectivity index (χ1n) is 5.99. The van der Waals surface area contributed by atoms with Crippen LogP contribution in [0.2, 0.25) is 0 Å². The van der Waals surface area contributed by atoms with Crippen LogP contribution < -0.4 is 0 Å². The lowest BCUT2D eigenvalue weighted by atomic mass is 9.72. The van der Waals surface area contributed by atoms with Gasteiger partial charge in [-0.15, -0.1) is 11.8 Å². The van der Waals surface area contributed by atoms with Crippen LogP contribution in [0.25, 0.3) is 0 Å². The van der Waals surface area contributed by atoms with Gasteiger partial charge in [0.05, 0.1) is 4.90 Å². The molecule has 0 bridgehead atoms. The molecule has 18 heavy (non-hydrogen) atoms. The quantitative estimate of drug-likeness (QED) is 0.669. The van der Waals surface area contributed by atoms with Crippen molar-refractivity contribution in [3.8, 4) is 0 Å². The second-order valence-electron chi connectivity index (χ2n) is 5.04. The van der Waals surface area contributed by atoms with Gasteiger partial charge < -0.3 is 0 Å². The molecule has 1 saturated carbocycles. The van der Waals surface area contributed by atoms with E-state index < -0.39 is 9.84 Å². The van der Waals surface area contributed by atoms with Gasteiger partial charge in [0.15, 0.2) is 9.84 Å². The molecular formula is C13H18O2S3. The Morgan fingerprint density at radius 3 is 2.28 bits per heavy atom. The molecule has 5 heteroatoms. The van der Waals surface area contributed by atoms with Gasteiger partial charge in [0.25, 0.3) is 0 Å². The minimum Gasteiger partial charge on any atom is -0.224 e. The Morgan fingerprint density at radius 1 is 1.28 bits per heavy atom. The Kier molecular flexibility index (Phi) is 4.34. The van der Waals surface area contributed by atoms with Crippen LogP contribution in [0, 0.1) is 5.41 Å². The zero-order valence-electron chi connectivity index (χ0n) is 10.4. The summed E-state index contributed by atoms with van der Waals surface area (Å²) in [5.74, 6) is 2.02. The number of benzene rings is 1. The van der Waals surface area contributed by atoms with Crippen molar-refractivity contribution in [1.82, 2.24) is 0 Å². The molecule has 0 heterocycles. The molecule has 1 aromatic carbocycles. The minimum absolute atomic E-state index is 0.388. The number of thiol groups is 1. The third-order valence-corrected chi connectivity index (χ3v) is 6.71. The molecule has 1 aromatic rings. The monoisotopic (exact) mass is 302 g/mol. The second-order valence-corrected chi connectivity index (χ2v) is 8.42.